The highest BCUT2D eigenvalue weighted by molar-refractivity contribution is 7.91. The first kappa shape index (κ1) is 16.5. The second-order valence-corrected chi connectivity index (χ2v) is 7.40. The van der Waals surface area contributed by atoms with Crippen LogP contribution in [0.15, 0.2) is 11.8 Å². The fourth-order valence-corrected chi connectivity index (χ4v) is 3.88. The van der Waals surface area contributed by atoms with Crippen molar-refractivity contribution in [2.75, 3.05) is 18.1 Å². The van der Waals surface area contributed by atoms with Crippen molar-refractivity contribution >= 4 is 15.7 Å². The Morgan fingerprint density at radius 3 is 2.60 bits per heavy atom. The largest absolute Gasteiger partial charge is 0.372 e. The van der Waals surface area contributed by atoms with Crippen LogP contribution < -0.4 is 5.32 Å². The number of carbonyl (C=O) groups is 1. The molecule has 20 heavy (non-hydrogen) atoms. The van der Waals surface area contributed by atoms with Crippen molar-refractivity contribution in [1.82, 2.24) is 10.2 Å². The van der Waals surface area contributed by atoms with Crippen LogP contribution in [0.4, 0.5) is 0 Å². The fraction of sp³-hybridized carbons (Fsp3) is 0.692. The van der Waals surface area contributed by atoms with Gasteiger partial charge < -0.3 is 10.2 Å². The van der Waals surface area contributed by atoms with E-state index < -0.39 is 15.7 Å². The van der Waals surface area contributed by atoms with Crippen molar-refractivity contribution in [1.29, 1.82) is 5.26 Å². The van der Waals surface area contributed by atoms with Crippen LogP contribution in [0.2, 0.25) is 0 Å². The highest BCUT2D eigenvalue weighted by Gasteiger charge is 2.31. The van der Waals surface area contributed by atoms with E-state index in [1.165, 1.54) is 6.20 Å². The van der Waals surface area contributed by atoms with E-state index in [4.69, 9.17) is 5.26 Å². The van der Waals surface area contributed by atoms with Crippen LogP contribution in [0.25, 0.3) is 0 Å². The predicted molar refractivity (Wildman–Crippen MR) is 76.4 cm³/mol. The summed E-state index contributed by atoms with van der Waals surface area (Å²) in [6, 6.07) is 1.67. The van der Waals surface area contributed by atoms with Crippen LogP contribution in [0, 0.1) is 11.3 Å². The first-order valence-corrected chi connectivity index (χ1v) is 8.50. The maximum Gasteiger partial charge on any atom is 0.263 e. The van der Waals surface area contributed by atoms with Crippen LogP contribution in [0.1, 0.15) is 27.2 Å². The third-order valence-electron chi connectivity index (χ3n) is 3.12. The summed E-state index contributed by atoms with van der Waals surface area (Å²) >= 11 is 0. The Morgan fingerprint density at radius 2 is 2.20 bits per heavy atom. The molecule has 1 heterocycles. The number of rotatable bonds is 5. The molecule has 6 nitrogen and oxygen atoms in total. The summed E-state index contributed by atoms with van der Waals surface area (Å²) in [6.07, 6.45) is 2.01. The lowest BCUT2D eigenvalue weighted by atomic mass is 10.2. The van der Waals surface area contributed by atoms with Crippen LogP contribution in [0.3, 0.4) is 0 Å². The number of nitrogens with one attached hydrogen (secondary N) is 1. The third kappa shape index (κ3) is 4.53. The Hall–Kier alpha value is -1.55. The zero-order valence-electron chi connectivity index (χ0n) is 12.1. The lowest BCUT2D eigenvalue weighted by Gasteiger charge is -2.25. The van der Waals surface area contributed by atoms with Gasteiger partial charge in [0.25, 0.3) is 5.91 Å². The molecule has 1 saturated heterocycles. The summed E-state index contributed by atoms with van der Waals surface area (Å²) in [5.41, 5.74) is 0.00449. The molecule has 1 aliphatic heterocycles. The lowest BCUT2D eigenvalue weighted by molar-refractivity contribution is -0.117. The van der Waals surface area contributed by atoms with Crippen molar-refractivity contribution < 1.29 is 13.2 Å². The standard InChI is InChI=1S/C13H21N3O3S/c1-4-16(12-5-6-20(18,19)9-12)8-11(7-14)13(17)15-10(2)3/h8,10,12H,4-6,9H2,1-3H3,(H,15,17)/b11-8-. The first-order chi connectivity index (χ1) is 9.29. The lowest BCUT2D eigenvalue weighted by Crippen LogP contribution is -2.35. The maximum absolute atomic E-state index is 11.8. The molecular formula is C13H21N3O3S. The molecule has 1 N–H and O–H groups in total. The molecule has 0 radical (unpaired) electrons. The van der Waals surface area contributed by atoms with Gasteiger partial charge in [0.15, 0.2) is 9.84 Å². The van der Waals surface area contributed by atoms with E-state index in [0.717, 1.165) is 0 Å². The minimum Gasteiger partial charge on any atom is -0.372 e. The summed E-state index contributed by atoms with van der Waals surface area (Å²) in [4.78, 5) is 13.6. The van der Waals surface area contributed by atoms with E-state index in [1.54, 1.807) is 4.90 Å². The Morgan fingerprint density at radius 1 is 1.55 bits per heavy atom. The number of carbonyl (C=O) groups excluding carboxylic acids is 1. The zero-order valence-corrected chi connectivity index (χ0v) is 12.9. The molecule has 0 aliphatic carbocycles. The van der Waals surface area contributed by atoms with Crippen molar-refractivity contribution in [2.45, 2.75) is 39.3 Å². The van der Waals surface area contributed by atoms with Crippen LogP contribution in [-0.4, -0.2) is 49.4 Å². The molecule has 0 saturated carbocycles. The molecular weight excluding hydrogens is 278 g/mol. The smallest absolute Gasteiger partial charge is 0.263 e. The van der Waals surface area contributed by atoms with E-state index >= 15 is 0 Å². The number of amides is 1. The van der Waals surface area contributed by atoms with E-state index in [9.17, 15) is 13.2 Å². The molecule has 0 bridgehead atoms. The SMILES string of the molecule is CCN(/C=C(/C#N)C(=O)NC(C)C)C1CCS(=O)(=O)C1. The molecule has 0 aromatic rings. The molecule has 1 rings (SSSR count). The van der Waals surface area contributed by atoms with Gasteiger partial charge in [-0.1, -0.05) is 0 Å². The summed E-state index contributed by atoms with van der Waals surface area (Å²) in [5, 5.41) is 11.7. The first-order valence-electron chi connectivity index (χ1n) is 6.68. The summed E-state index contributed by atoms with van der Waals surface area (Å²) in [6.45, 7) is 6.05. The van der Waals surface area contributed by atoms with Gasteiger partial charge in [0, 0.05) is 24.8 Å². The minimum atomic E-state index is -2.99. The quantitative estimate of drug-likeness (QED) is 0.587. The maximum atomic E-state index is 11.8. The summed E-state index contributed by atoms with van der Waals surface area (Å²) < 4.78 is 23.0. The molecule has 1 amide bonds. The van der Waals surface area contributed by atoms with E-state index in [0.29, 0.717) is 13.0 Å². The molecule has 1 aliphatic rings. The van der Waals surface area contributed by atoms with Gasteiger partial charge in [-0.05, 0) is 27.2 Å². The number of nitriles is 1. The van der Waals surface area contributed by atoms with Gasteiger partial charge in [-0.3, -0.25) is 4.79 Å². The van der Waals surface area contributed by atoms with Gasteiger partial charge in [0.2, 0.25) is 0 Å². The molecule has 1 atom stereocenters. The summed E-state index contributed by atoms with van der Waals surface area (Å²) in [5.74, 6) is -0.175. The molecule has 0 aromatic heterocycles. The number of hydrogen-bond acceptors (Lipinski definition) is 5. The summed E-state index contributed by atoms with van der Waals surface area (Å²) in [7, 11) is -2.99. The second kappa shape index (κ2) is 6.75. The van der Waals surface area contributed by atoms with Crippen LogP contribution >= 0.6 is 0 Å². The number of hydrogen-bond donors (Lipinski definition) is 1. The van der Waals surface area contributed by atoms with Crippen LogP contribution in [0.5, 0.6) is 0 Å². The zero-order chi connectivity index (χ0) is 15.3. The predicted octanol–water partition coefficient (Wildman–Crippen LogP) is 0.427. The van der Waals surface area contributed by atoms with Gasteiger partial charge in [0.05, 0.1) is 11.5 Å². The van der Waals surface area contributed by atoms with E-state index in [2.05, 4.69) is 5.32 Å². The molecule has 0 aromatic carbocycles. The average molecular weight is 299 g/mol. The van der Waals surface area contributed by atoms with E-state index in [-0.39, 0.29) is 29.2 Å². The van der Waals surface area contributed by atoms with Crippen molar-refractivity contribution in [3.05, 3.63) is 11.8 Å². The monoisotopic (exact) mass is 299 g/mol. The van der Waals surface area contributed by atoms with Gasteiger partial charge >= 0.3 is 0 Å². The highest BCUT2D eigenvalue weighted by atomic mass is 32.2. The van der Waals surface area contributed by atoms with Crippen molar-refractivity contribution in [3.8, 4) is 6.07 Å². The Kier molecular flexibility index (Phi) is 5.57. The Balaban J connectivity index is 2.86. The van der Waals surface area contributed by atoms with Gasteiger partial charge in [-0.25, -0.2) is 8.42 Å². The van der Waals surface area contributed by atoms with Crippen LogP contribution in [-0.2, 0) is 14.6 Å². The fourth-order valence-electron chi connectivity index (χ4n) is 2.14. The Labute approximate surface area is 120 Å². The third-order valence-corrected chi connectivity index (χ3v) is 4.87. The van der Waals surface area contributed by atoms with Gasteiger partial charge in [-0.15, -0.1) is 0 Å². The van der Waals surface area contributed by atoms with Gasteiger partial charge in [-0.2, -0.15) is 5.26 Å². The van der Waals surface area contributed by atoms with E-state index in [1.807, 2.05) is 26.8 Å². The van der Waals surface area contributed by atoms with Crippen molar-refractivity contribution in [2.24, 2.45) is 0 Å². The molecule has 112 valence electrons. The number of sulfone groups is 1. The number of nitrogens with zero attached hydrogens (tertiary/aromatic N) is 2. The second-order valence-electron chi connectivity index (χ2n) is 5.17. The highest BCUT2D eigenvalue weighted by Crippen LogP contribution is 2.18. The van der Waals surface area contributed by atoms with Gasteiger partial charge in [0.1, 0.15) is 11.6 Å². The molecule has 0 spiro atoms. The average Bonchev–Trinajstić information content (AvgIpc) is 2.70. The Bertz CT molecular complexity index is 532. The molecule has 1 fully saturated rings. The minimum absolute atomic E-state index is 0.00449. The molecule has 7 heteroatoms. The molecule has 1 unspecified atom stereocenters. The topological polar surface area (TPSA) is 90.3 Å². The van der Waals surface area contributed by atoms with Crippen molar-refractivity contribution in [3.63, 3.8) is 0 Å². The normalized spacial score (nSPS) is 21.6.